The van der Waals surface area contributed by atoms with Gasteiger partial charge in [-0.2, -0.15) is 5.10 Å². The van der Waals surface area contributed by atoms with Crippen LogP contribution in [0.4, 0.5) is 4.39 Å². The first-order valence-corrected chi connectivity index (χ1v) is 8.82. The van der Waals surface area contributed by atoms with E-state index in [0.29, 0.717) is 12.8 Å². The van der Waals surface area contributed by atoms with E-state index in [0.717, 1.165) is 44.7 Å². The molecular weight excluding hydrogens is 319 g/mol. The molecule has 0 saturated carbocycles. The molecule has 2 aromatic rings. The summed E-state index contributed by atoms with van der Waals surface area (Å²) < 4.78 is 14.7. The van der Waals surface area contributed by atoms with Gasteiger partial charge in [-0.25, -0.2) is 4.39 Å². The molecule has 1 amide bonds. The number of hydrogen-bond acceptors (Lipinski definition) is 3. The number of nitrogens with zero attached hydrogens (tertiary/aromatic N) is 4. The summed E-state index contributed by atoms with van der Waals surface area (Å²) in [6, 6.07) is 6.39. The Balaban J connectivity index is 1.46. The van der Waals surface area contributed by atoms with Gasteiger partial charge in [-0.15, -0.1) is 0 Å². The molecule has 1 aromatic heterocycles. The summed E-state index contributed by atoms with van der Waals surface area (Å²) in [6.07, 6.45) is 6.07. The molecule has 6 heteroatoms. The first-order chi connectivity index (χ1) is 12.1. The van der Waals surface area contributed by atoms with Crippen molar-refractivity contribution in [3.8, 4) is 0 Å². The lowest BCUT2D eigenvalue weighted by Crippen LogP contribution is -2.35. The van der Waals surface area contributed by atoms with Crippen LogP contribution in [0.25, 0.3) is 0 Å². The van der Waals surface area contributed by atoms with Gasteiger partial charge >= 0.3 is 0 Å². The van der Waals surface area contributed by atoms with Crippen LogP contribution in [0.15, 0.2) is 36.7 Å². The number of aromatic nitrogens is 2. The van der Waals surface area contributed by atoms with Crippen LogP contribution in [0.5, 0.6) is 0 Å². The number of amides is 1. The van der Waals surface area contributed by atoms with E-state index >= 15 is 0 Å². The molecule has 0 bridgehead atoms. The van der Waals surface area contributed by atoms with E-state index in [2.05, 4.69) is 10.00 Å². The molecule has 1 aliphatic rings. The number of carbonyl (C=O) groups excluding carboxylic acids is 1. The zero-order chi connectivity index (χ0) is 17.6. The van der Waals surface area contributed by atoms with Gasteiger partial charge in [-0.05, 0) is 30.5 Å². The van der Waals surface area contributed by atoms with Crippen LogP contribution in [0.1, 0.15) is 24.0 Å². The predicted molar refractivity (Wildman–Crippen MR) is 94.4 cm³/mol. The standard InChI is InChI=1S/C19H25FN4O/c1-22-14-17(13-21-22)15-23-9-2-10-24(12-11-23)19(25)8-5-16-3-6-18(20)7-4-16/h3-4,6-7,13-14H,2,5,8-12,15H2,1H3. The van der Waals surface area contributed by atoms with Crippen molar-refractivity contribution in [2.24, 2.45) is 7.05 Å². The second-order valence-electron chi connectivity index (χ2n) is 6.66. The molecule has 1 saturated heterocycles. The highest BCUT2D eigenvalue weighted by Crippen LogP contribution is 2.11. The number of carbonyl (C=O) groups is 1. The fourth-order valence-corrected chi connectivity index (χ4v) is 3.25. The van der Waals surface area contributed by atoms with Crippen LogP contribution in [-0.2, 0) is 24.8 Å². The SMILES string of the molecule is Cn1cc(CN2CCCN(C(=O)CCc3ccc(F)cc3)CC2)cn1. The van der Waals surface area contributed by atoms with Crippen LogP contribution in [0.2, 0.25) is 0 Å². The maximum absolute atomic E-state index is 12.9. The number of rotatable bonds is 5. The third-order valence-electron chi connectivity index (χ3n) is 4.65. The second-order valence-corrected chi connectivity index (χ2v) is 6.66. The quantitative estimate of drug-likeness (QED) is 0.835. The Bertz CT molecular complexity index is 698. The summed E-state index contributed by atoms with van der Waals surface area (Å²) in [4.78, 5) is 16.8. The molecule has 3 rings (SSSR count). The van der Waals surface area contributed by atoms with E-state index in [1.54, 1.807) is 12.1 Å². The summed E-state index contributed by atoms with van der Waals surface area (Å²) in [5.41, 5.74) is 2.21. The van der Waals surface area contributed by atoms with Gasteiger partial charge in [0.15, 0.2) is 0 Å². The van der Waals surface area contributed by atoms with Crippen molar-refractivity contribution in [1.29, 1.82) is 0 Å². The smallest absolute Gasteiger partial charge is 0.222 e. The van der Waals surface area contributed by atoms with E-state index < -0.39 is 0 Å². The second kappa shape index (κ2) is 8.25. The monoisotopic (exact) mass is 344 g/mol. The normalized spacial score (nSPS) is 16.0. The van der Waals surface area contributed by atoms with Crippen molar-refractivity contribution in [3.63, 3.8) is 0 Å². The van der Waals surface area contributed by atoms with Gasteiger partial charge in [0.1, 0.15) is 5.82 Å². The zero-order valence-corrected chi connectivity index (χ0v) is 14.7. The zero-order valence-electron chi connectivity index (χ0n) is 14.7. The molecule has 1 fully saturated rings. The average molecular weight is 344 g/mol. The molecule has 0 spiro atoms. The molecule has 0 aliphatic carbocycles. The molecule has 0 N–H and O–H groups in total. The minimum Gasteiger partial charge on any atom is -0.341 e. The topological polar surface area (TPSA) is 41.4 Å². The third-order valence-corrected chi connectivity index (χ3v) is 4.65. The Morgan fingerprint density at radius 3 is 2.64 bits per heavy atom. The Hall–Kier alpha value is -2.21. The molecular formula is C19H25FN4O. The number of benzene rings is 1. The Morgan fingerprint density at radius 1 is 1.12 bits per heavy atom. The van der Waals surface area contributed by atoms with Gasteiger partial charge in [0.2, 0.25) is 5.91 Å². The minimum atomic E-state index is -0.240. The van der Waals surface area contributed by atoms with Crippen molar-refractivity contribution in [2.75, 3.05) is 26.2 Å². The highest BCUT2D eigenvalue weighted by Gasteiger charge is 2.19. The van der Waals surface area contributed by atoms with Crippen molar-refractivity contribution in [3.05, 3.63) is 53.6 Å². The van der Waals surface area contributed by atoms with Crippen molar-refractivity contribution in [2.45, 2.75) is 25.8 Å². The summed E-state index contributed by atoms with van der Waals surface area (Å²) >= 11 is 0. The molecule has 0 unspecified atom stereocenters. The van der Waals surface area contributed by atoms with Gasteiger partial charge in [-0.3, -0.25) is 14.4 Å². The molecule has 25 heavy (non-hydrogen) atoms. The molecule has 2 heterocycles. The van der Waals surface area contributed by atoms with Gasteiger partial charge in [-0.1, -0.05) is 12.1 Å². The Labute approximate surface area is 148 Å². The number of hydrogen-bond donors (Lipinski definition) is 0. The van der Waals surface area contributed by atoms with Crippen molar-refractivity contribution >= 4 is 5.91 Å². The summed E-state index contributed by atoms with van der Waals surface area (Å²) in [5, 5.41) is 4.21. The summed E-state index contributed by atoms with van der Waals surface area (Å²) in [5.74, 6) is -0.0520. The maximum Gasteiger partial charge on any atom is 0.222 e. The highest BCUT2D eigenvalue weighted by molar-refractivity contribution is 5.76. The van der Waals surface area contributed by atoms with Crippen LogP contribution < -0.4 is 0 Å². The van der Waals surface area contributed by atoms with Crippen molar-refractivity contribution < 1.29 is 9.18 Å². The number of aryl methyl sites for hydroxylation is 2. The van der Waals surface area contributed by atoms with Crippen LogP contribution in [-0.4, -0.2) is 51.7 Å². The fourth-order valence-electron chi connectivity index (χ4n) is 3.25. The molecule has 5 nitrogen and oxygen atoms in total. The summed E-state index contributed by atoms with van der Waals surface area (Å²) in [7, 11) is 1.92. The molecule has 0 atom stereocenters. The largest absolute Gasteiger partial charge is 0.341 e. The van der Waals surface area contributed by atoms with Crippen LogP contribution in [0, 0.1) is 5.82 Å². The highest BCUT2D eigenvalue weighted by atomic mass is 19.1. The minimum absolute atomic E-state index is 0.188. The fraction of sp³-hybridized carbons (Fsp3) is 0.474. The van der Waals surface area contributed by atoms with E-state index in [1.807, 2.05) is 29.0 Å². The lowest BCUT2D eigenvalue weighted by atomic mass is 10.1. The first kappa shape index (κ1) is 17.6. The summed E-state index contributed by atoms with van der Waals surface area (Å²) in [6.45, 7) is 4.34. The molecule has 1 aromatic carbocycles. The predicted octanol–water partition coefficient (Wildman–Crippen LogP) is 2.23. The number of halogens is 1. The average Bonchev–Trinajstić information content (AvgIpc) is 2.87. The van der Waals surface area contributed by atoms with Gasteiger partial charge in [0.25, 0.3) is 0 Å². The van der Waals surface area contributed by atoms with Crippen LogP contribution >= 0.6 is 0 Å². The van der Waals surface area contributed by atoms with E-state index in [9.17, 15) is 9.18 Å². The lowest BCUT2D eigenvalue weighted by Gasteiger charge is -2.21. The Kier molecular flexibility index (Phi) is 5.81. The van der Waals surface area contributed by atoms with E-state index in [-0.39, 0.29) is 11.7 Å². The maximum atomic E-state index is 12.9. The third kappa shape index (κ3) is 5.13. The van der Waals surface area contributed by atoms with Gasteiger partial charge in [0.05, 0.1) is 6.20 Å². The van der Waals surface area contributed by atoms with E-state index in [1.165, 1.54) is 17.7 Å². The van der Waals surface area contributed by atoms with Crippen molar-refractivity contribution in [1.82, 2.24) is 19.6 Å². The van der Waals surface area contributed by atoms with Gasteiger partial charge < -0.3 is 4.90 Å². The van der Waals surface area contributed by atoms with E-state index in [4.69, 9.17) is 0 Å². The van der Waals surface area contributed by atoms with Crippen LogP contribution in [0.3, 0.4) is 0 Å². The molecule has 134 valence electrons. The lowest BCUT2D eigenvalue weighted by molar-refractivity contribution is -0.131. The molecule has 1 aliphatic heterocycles. The first-order valence-electron chi connectivity index (χ1n) is 8.82. The van der Waals surface area contributed by atoms with Gasteiger partial charge in [0, 0.05) is 58.0 Å². The Morgan fingerprint density at radius 2 is 1.92 bits per heavy atom. The molecule has 0 radical (unpaired) electrons.